The van der Waals surface area contributed by atoms with Crippen molar-refractivity contribution in [1.29, 1.82) is 0 Å². The van der Waals surface area contributed by atoms with E-state index in [4.69, 9.17) is 12.2 Å². The van der Waals surface area contributed by atoms with E-state index in [0.717, 1.165) is 18.0 Å². The number of carboxylic acid groups (broad SMARTS) is 1. The lowest BCUT2D eigenvalue weighted by Crippen LogP contribution is -2.36. The number of aromatic hydroxyl groups is 1. The third kappa shape index (κ3) is 5.36. The summed E-state index contributed by atoms with van der Waals surface area (Å²) in [6, 6.07) is 5.43. The maximum Gasteiger partial charge on any atom is 0.264 e. The van der Waals surface area contributed by atoms with Crippen LogP contribution in [0.15, 0.2) is 34.1 Å². The molecule has 0 saturated heterocycles. The van der Waals surface area contributed by atoms with Crippen LogP contribution in [0.2, 0.25) is 0 Å². The molecule has 0 unspecified atom stereocenters. The van der Waals surface area contributed by atoms with E-state index in [2.05, 4.69) is 9.98 Å². The van der Waals surface area contributed by atoms with Gasteiger partial charge >= 0.3 is 0 Å². The summed E-state index contributed by atoms with van der Waals surface area (Å²) in [6.07, 6.45) is 1.51. The number of aromatic nitrogens is 2. The van der Waals surface area contributed by atoms with Crippen molar-refractivity contribution >= 4 is 34.2 Å². The van der Waals surface area contributed by atoms with Gasteiger partial charge < -0.3 is 15.0 Å². The Morgan fingerprint density at radius 2 is 2.00 bits per heavy atom. The number of benzene rings is 1. The Kier molecular flexibility index (Phi) is 6.52. The summed E-state index contributed by atoms with van der Waals surface area (Å²) in [7, 11) is -3.40. The molecule has 9 nitrogen and oxygen atoms in total. The van der Waals surface area contributed by atoms with Gasteiger partial charge in [0.1, 0.15) is 15.4 Å². The fraction of sp³-hybridized carbons (Fsp3) is 0.294. The smallest absolute Gasteiger partial charge is 0.264 e. The number of rotatable bonds is 7. The van der Waals surface area contributed by atoms with E-state index in [0.29, 0.717) is 5.69 Å². The van der Waals surface area contributed by atoms with Crippen LogP contribution in [-0.4, -0.2) is 53.3 Å². The number of carbonyl (C=O) groups is 1. The van der Waals surface area contributed by atoms with Crippen LogP contribution >= 0.6 is 12.2 Å². The highest BCUT2D eigenvalue weighted by Crippen LogP contribution is 2.19. The first-order valence-electron chi connectivity index (χ1n) is 8.06. The molecule has 2 rings (SSSR count). The maximum atomic E-state index is 12.2. The topological polar surface area (TPSA) is 145 Å². The van der Waals surface area contributed by atoms with E-state index in [-0.39, 0.29) is 16.8 Å². The van der Waals surface area contributed by atoms with Crippen molar-refractivity contribution in [2.75, 3.05) is 12.0 Å². The van der Waals surface area contributed by atoms with Crippen LogP contribution in [-0.2, 0) is 14.6 Å². The molecule has 0 spiro atoms. The number of aromatic amines is 1. The average molecular weight is 424 g/mol. The molecule has 1 atom stereocenters. The molecule has 2 aromatic rings. The number of aliphatic carboxylic acids is 1. The Labute approximate surface area is 165 Å². The summed E-state index contributed by atoms with van der Waals surface area (Å²) in [5, 5.41) is 21.7. The fourth-order valence-electron chi connectivity index (χ4n) is 2.33. The van der Waals surface area contributed by atoms with Gasteiger partial charge in [0.2, 0.25) is 5.88 Å². The summed E-state index contributed by atoms with van der Waals surface area (Å²) in [6.45, 7) is 1.88. The van der Waals surface area contributed by atoms with Crippen LogP contribution in [0.25, 0.3) is 5.69 Å². The summed E-state index contributed by atoms with van der Waals surface area (Å²) in [5.74, 6) is -2.54. The monoisotopic (exact) mass is 424 g/mol. The highest BCUT2D eigenvalue weighted by molar-refractivity contribution is 7.90. The number of hydrogen-bond donors (Lipinski definition) is 2. The number of carbonyl (C=O) groups excluding carboxylic acids is 1. The Morgan fingerprint density at radius 3 is 2.54 bits per heavy atom. The molecule has 0 fully saturated rings. The minimum atomic E-state index is -3.40. The molecule has 0 radical (unpaired) electrons. The molecule has 0 bridgehead atoms. The fourth-order valence-corrected chi connectivity index (χ4v) is 3.27. The lowest BCUT2D eigenvalue weighted by atomic mass is 10.2. The maximum absolute atomic E-state index is 12.2. The molecule has 0 aliphatic heterocycles. The molecule has 150 valence electrons. The average Bonchev–Trinajstić information content (AvgIpc) is 2.57. The third-order valence-corrected chi connectivity index (χ3v) is 5.09. The first-order valence-corrected chi connectivity index (χ1v) is 10.5. The molecule has 0 amide bonds. The highest BCUT2D eigenvalue weighted by atomic mass is 32.2. The first kappa shape index (κ1) is 21.5. The predicted octanol–water partition coefficient (Wildman–Crippen LogP) is -0.119. The van der Waals surface area contributed by atoms with Crippen LogP contribution in [0, 0.1) is 11.7 Å². The van der Waals surface area contributed by atoms with Crippen LogP contribution < -0.4 is 10.7 Å². The molecule has 1 heterocycles. The number of aryl methyl sites for hydroxylation is 1. The molecular formula is C17H18N3O6S2-. The van der Waals surface area contributed by atoms with Gasteiger partial charge in [-0.1, -0.05) is 17.7 Å². The van der Waals surface area contributed by atoms with Crippen molar-refractivity contribution < 1.29 is 23.4 Å². The van der Waals surface area contributed by atoms with Crippen molar-refractivity contribution in [2.45, 2.75) is 19.4 Å². The molecule has 0 saturated carbocycles. The van der Waals surface area contributed by atoms with Gasteiger partial charge in [0, 0.05) is 12.5 Å². The second-order valence-corrected chi connectivity index (χ2v) is 8.85. The van der Waals surface area contributed by atoms with Gasteiger partial charge in [-0.05, 0) is 37.7 Å². The Morgan fingerprint density at radius 1 is 1.39 bits per heavy atom. The molecule has 2 N–H and O–H groups in total. The van der Waals surface area contributed by atoms with Crippen LogP contribution in [0.5, 0.6) is 5.88 Å². The van der Waals surface area contributed by atoms with Gasteiger partial charge in [-0.3, -0.25) is 19.3 Å². The van der Waals surface area contributed by atoms with Crippen molar-refractivity contribution in [1.82, 2.24) is 9.55 Å². The van der Waals surface area contributed by atoms with Crippen LogP contribution in [0.1, 0.15) is 17.5 Å². The van der Waals surface area contributed by atoms with Gasteiger partial charge in [0.15, 0.2) is 4.77 Å². The Balaban J connectivity index is 2.47. The number of nitrogens with one attached hydrogen (secondary N) is 1. The second kappa shape index (κ2) is 8.48. The zero-order chi connectivity index (χ0) is 21.1. The molecule has 1 aromatic carbocycles. The number of hydrogen-bond acceptors (Lipinski definition) is 8. The van der Waals surface area contributed by atoms with Gasteiger partial charge in [-0.15, -0.1) is 0 Å². The van der Waals surface area contributed by atoms with Gasteiger partial charge in [-0.2, -0.15) is 0 Å². The largest absolute Gasteiger partial charge is 0.548 e. The molecule has 0 aliphatic rings. The van der Waals surface area contributed by atoms with Gasteiger partial charge in [0.05, 0.1) is 23.5 Å². The third-order valence-electron chi connectivity index (χ3n) is 3.83. The number of H-pyrrole nitrogens is 1. The van der Waals surface area contributed by atoms with Gasteiger partial charge in [0.25, 0.3) is 5.56 Å². The lowest BCUT2D eigenvalue weighted by molar-refractivity contribution is -0.307. The van der Waals surface area contributed by atoms with E-state index in [1.807, 2.05) is 6.92 Å². The number of carboxylic acids is 1. The molecule has 11 heteroatoms. The summed E-state index contributed by atoms with van der Waals surface area (Å²) < 4.78 is 23.6. The van der Waals surface area contributed by atoms with E-state index >= 15 is 0 Å². The van der Waals surface area contributed by atoms with Crippen molar-refractivity contribution in [3.8, 4) is 11.6 Å². The quantitative estimate of drug-likeness (QED) is 0.466. The van der Waals surface area contributed by atoms with E-state index in [9.17, 15) is 28.2 Å². The van der Waals surface area contributed by atoms with Crippen molar-refractivity contribution in [2.24, 2.45) is 4.99 Å². The Bertz CT molecular complexity index is 1130. The second-order valence-electron chi connectivity index (χ2n) is 6.20. The SMILES string of the molecule is Cc1ccc(-n2c(O)c(C=N[C@H](CCS(C)(=O)=O)C(=O)[O-])c(=O)[nH]c2=S)cc1. The van der Waals surface area contributed by atoms with Crippen molar-refractivity contribution in [3.05, 3.63) is 50.5 Å². The number of sulfone groups is 1. The normalized spacial score (nSPS) is 12.9. The molecule has 1 aromatic heterocycles. The van der Waals surface area contributed by atoms with Crippen LogP contribution in [0.3, 0.4) is 0 Å². The molecular weight excluding hydrogens is 406 g/mol. The first-order chi connectivity index (χ1) is 13.0. The zero-order valence-electron chi connectivity index (χ0n) is 15.1. The minimum absolute atomic E-state index is 0.0583. The summed E-state index contributed by atoms with van der Waals surface area (Å²) in [4.78, 5) is 29.4. The molecule has 0 aliphatic carbocycles. The van der Waals surface area contributed by atoms with Crippen molar-refractivity contribution in [3.63, 3.8) is 0 Å². The highest BCUT2D eigenvalue weighted by Gasteiger charge is 2.15. The zero-order valence-corrected chi connectivity index (χ0v) is 16.7. The van der Waals surface area contributed by atoms with E-state index in [1.54, 1.807) is 24.3 Å². The lowest BCUT2D eigenvalue weighted by Gasteiger charge is -2.14. The van der Waals surface area contributed by atoms with Gasteiger partial charge in [-0.25, -0.2) is 8.42 Å². The van der Waals surface area contributed by atoms with E-state index < -0.39 is 39.0 Å². The van der Waals surface area contributed by atoms with E-state index in [1.165, 1.54) is 4.57 Å². The summed E-state index contributed by atoms with van der Waals surface area (Å²) in [5.41, 5.74) is 0.366. The standard InChI is InChI=1S/C17H19N3O6S2/c1-10-3-5-11(6-4-10)20-15(22)12(14(21)19-17(20)27)9-18-13(16(23)24)7-8-28(2,25)26/h3-6,9,13,22H,7-8H2,1-2H3,(H,23,24)(H,19,21,27)/p-1/t13-/m1/s1. The summed E-state index contributed by atoms with van der Waals surface area (Å²) >= 11 is 5.09. The Hall–Kier alpha value is -2.79. The minimum Gasteiger partial charge on any atom is -0.548 e. The number of aliphatic imine (C=N–C) groups is 1. The number of nitrogens with zero attached hydrogens (tertiary/aromatic N) is 2. The predicted molar refractivity (Wildman–Crippen MR) is 104 cm³/mol. The van der Waals surface area contributed by atoms with Crippen LogP contribution in [0.4, 0.5) is 0 Å². The molecule has 28 heavy (non-hydrogen) atoms.